The van der Waals surface area contributed by atoms with Gasteiger partial charge >= 0.3 is 0 Å². The first-order valence-corrected chi connectivity index (χ1v) is 3.94. The summed E-state index contributed by atoms with van der Waals surface area (Å²) in [5, 5.41) is 0.199. The first kappa shape index (κ1) is 8.49. The van der Waals surface area contributed by atoms with Crippen molar-refractivity contribution >= 4 is 33.7 Å². The summed E-state index contributed by atoms with van der Waals surface area (Å²) in [5.41, 5.74) is 0.353. The lowest BCUT2D eigenvalue weighted by Gasteiger charge is -1.97. The molecule has 3 nitrogen and oxygen atoms in total. The molecule has 0 spiro atoms. The number of rotatable bonds is 1. The summed E-state index contributed by atoms with van der Waals surface area (Å²) in [5.74, 6) is -0.303. The van der Waals surface area contributed by atoms with Gasteiger partial charge in [0.25, 0.3) is 5.91 Å². The van der Waals surface area contributed by atoms with Crippen LogP contribution in [0.2, 0.25) is 5.15 Å². The van der Waals surface area contributed by atoms with Crippen molar-refractivity contribution in [1.82, 2.24) is 9.33 Å². The van der Waals surface area contributed by atoms with E-state index in [9.17, 15) is 4.79 Å². The Hall–Kier alpha value is -0.610. The molecule has 0 aliphatic carbocycles. The van der Waals surface area contributed by atoms with E-state index >= 15 is 0 Å². The van der Waals surface area contributed by atoms with E-state index in [2.05, 4.69) is 25.5 Å². The second-order valence-corrected chi connectivity index (χ2v) is 2.52. The van der Waals surface area contributed by atoms with E-state index < -0.39 is 0 Å². The molecule has 0 atom stereocenters. The van der Waals surface area contributed by atoms with Crippen LogP contribution >= 0.6 is 27.7 Å². The van der Waals surface area contributed by atoms with Crippen LogP contribution in [0.15, 0.2) is 18.3 Å². The van der Waals surface area contributed by atoms with Gasteiger partial charge < -0.3 is 0 Å². The average molecular weight is 235 g/mol. The number of amides is 1. The van der Waals surface area contributed by atoms with Crippen LogP contribution in [0.5, 0.6) is 0 Å². The summed E-state index contributed by atoms with van der Waals surface area (Å²) in [4.78, 5) is 14.7. The van der Waals surface area contributed by atoms with Gasteiger partial charge in [-0.3, -0.25) is 9.14 Å². The number of nitrogens with one attached hydrogen (secondary N) is 1. The third-order valence-corrected chi connectivity index (χ3v) is 1.75. The van der Waals surface area contributed by atoms with E-state index in [1.54, 1.807) is 12.1 Å². The highest BCUT2D eigenvalue weighted by molar-refractivity contribution is 9.08. The number of hydrogen-bond donors (Lipinski definition) is 1. The molecule has 0 fully saturated rings. The molecular weight excluding hydrogens is 231 g/mol. The maximum Gasteiger partial charge on any atom is 0.264 e. The van der Waals surface area contributed by atoms with Crippen LogP contribution < -0.4 is 4.34 Å². The molecule has 58 valence electrons. The molecular formula is C6H4BrClN2O. The molecule has 1 aromatic heterocycles. The van der Waals surface area contributed by atoms with Crippen LogP contribution in [0.1, 0.15) is 10.4 Å². The smallest absolute Gasteiger partial charge is 0.264 e. The van der Waals surface area contributed by atoms with E-state index in [0.717, 1.165) is 0 Å². The van der Waals surface area contributed by atoms with Gasteiger partial charge in [-0.2, -0.15) is 0 Å². The zero-order valence-corrected chi connectivity index (χ0v) is 7.69. The molecule has 11 heavy (non-hydrogen) atoms. The van der Waals surface area contributed by atoms with Crippen molar-refractivity contribution in [3.05, 3.63) is 29.0 Å². The van der Waals surface area contributed by atoms with Crippen LogP contribution in [0, 0.1) is 0 Å². The number of hydrogen-bond acceptors (Lipinski definition) is 2. The van der Waals surface area contributed by atoms with Crippen molar-refractivity contribution in [2.24, 2.45) is 0 Å². The predicted molar refractivity (Wildman–Crippen MR) is 45.6 cm³/mol. The van der Waals surface area contributed by atoms with Crippen LogP contribution in [0.3, 0.4) is 0 Å². The maximum absolute atomic E-state index is 11.0. The molecule has 0 bridgehead atoms. The molecule has 0 aromatic carbocycles. The SMILES string of the molecule is O=C(NBr)c1cccnc1Cl. The first-order chi connectivity index (χ1) is 5.25. The molecule has 1 aromatic rings. The van der Waals surface area contributed by atoms with Crippen molar-refractivity contribution in [2.45, 2.75) is 0 Å². The molecule has 0 unspecified atom stereocenters. The van der Waals surface area contributed by atoms with Crippen LogP contribution in [0.4, 0.5) is 0 Å². The lowest BCUT2D eigenvalue weighted by atomic mass is 10.3. The number of aromatic nitrogens is 1. The highest BCUT2D eigenvalue weighted by atomic mass is 79.9. The van der Waals surface area contributed by atoms with Gasteiger partial charge in [-0.15, -0.1) is 0 Å². The normalized spacial score (nSPS) is 9.27. The van der Waals surface area contributed by atoms with E-state index in [4.69, 9.17) is 11.6 Å². The fourth-order valence-corrected chi connectivity index (χ4v) is 1.03. The Morgan fingerprint density at radius 2 is 2.45 bits per heavy atom. The topological polar surface area (TPSA) is 42.0 Å². The third-order valence-electron chi connectivity index (χ3n) is 1.09. The van der Waals surface area contributed by atoms with Gasteiger partial charge in [0.15, 0.2) is 0 Å². The molecule has 1 N–H and O–H groups in total. The van der Waals surface area contributed by atoms with E-state index in [0.29, 0.717) is 5.56 Å². The molecule has 0 saturated heterocycles. The van der Waals surface area contributed by atoms with Gasteiger partial charge in [0.05, 0.1) is 5.56 Å². The van der Waals surface area contributed by atoms with Gasteiger partial charge in [0.1, 0.15) is 5.15 Å². The largest absolute Gasteiger partial charge is 0.288 e. The van der Waals surface area contributed by atoms with Gasteiger partial charge in [-0.1, -0.05) is 11.6 Å². The van der Waals surface area contributed by atoms with Crippen LogP contribution in [-0.4, -0.2) is 10.9 Å². The number of nitrogens with zero attached hydrogens (tertiary/aromatic N) is 1. The third kappa shape index (κ3) is 1.91. The Morgan fingerprint density at radius 3 is 3.00 bits per heavy atom. The Morgan fingerprint density at radius 1 is 1.73 bits per heavy atom. The molecule has 0 aliphatic heterocycles. The number of halogens is 2. The Kier molecular flexibility index (Phi) is 2.84. The first-order valence-electron chi connectivity index (χ1n) is 2.77. The van der Waals surface area contributed by atoms with Crippen LogP contribution in [0.25, 0.3) is 0 Å². The second kappa shape index (κ2) is 3.69. The number of carbonyl (C=O) groups is 1. The fraction of sp³-hybridized carbons (Fsp3) is 0. The second-order valence-electron chi connectivity index (χ2n) is 1.77. The molecule has 5 heteroatoms. The fourth-order valence-electron chi connectivity index (χ4n) is 0.606. The van der Waals surface area contributed by atoms with Crippen molar-refractivity contribution in [3.63, 3.8) is 0 Å². The van der Waals surface area contributed by atoms with Crippen molar-refractivity contribution < 1.29 is 4.79 Å². The van der Waals surface area contributed by atoms with Gasteiger partial charge in [0, 0.05) is 22.3 Å². The van der Waals surface area contributed by atoms with Crippen molar-refractivity contribution in [1.29, 1.82) is 0 Å². The predicted octanol–water partition coefficient (Wildman–Crippen LogP) is 1.77. The number of carbonyl (C=O) groups excluding carboxylic acids is 1. The molecule has 1 heterocycles. The van der Waals surface area contributed by atoms with Crippen molar-refractivity contribution in [2.75, 3.05) is 0 Å². The van der Waals surface area contributed by atoms with Crippen LogP contribution in [-0.2, 0) is 0 Å². The summed E-state index contributed by atoms with van der Waals surface area (Å²) in [6.45, 7) is 0. The Balaban J connectivity index is 3.03. The molecule has 1 amide bonds. The minimum absolute atomic E-state index is 0.199. The summed E-state index contributed by atoms with van der Waals surface area (Å²) in [6.07, 6.45) is 1.52. The quantitative estimate of drug-likeness (QED) is 0.595. The lowest BCUT2D eigenvalue weighted by Crippen LogP contribution is -2.12. The maximum atomic E-state index is 11.0. The molecule has 0 aliphatic rings. The molecule has 0 saturated carbocycles. The van der Waals surface area contributed by atoms with Gasteiger partial charge in [-0.25, -0.2) is 4.98 Å². The number of pyridine rings is 1. The van der Waals surface area contributed by atoms with E-state index in [-0.39, 0.29) is 11.1 Å². The molecule has 1 rings (SSSR count). The lowest BCUT2D eigenvalue weighted by molar-refractivity contribution is 0.0986. The highest BCUT2D eigenvalue weighted by Crippen LogP contribution is 2.10. The van der Waals surface area contributed by atoms with E-state index in [1.807, 2.05) is 0 Å². The highest BCUT2D eigenvalue weighted by Gasteiger charge is 2.07. The summed E-state index contributed by atoms with van der Waals surface area (Å²) in [7, 11) is 0. The standard InChI is InChI=1S/C6H4BrClN2O/c7-10-6(11)4-2-1-3-9-5(4)8/h1-3H,(H,10,11). The average Bonchev–Trinajstić information content (AvgIpc) is 2.04. The van der Waals surface area contributed by atoms with Gasteiger partial charge in [-0.05, 0) is 12.1 Å². The summed E-state index contributed by atoms with van der Waals surface area (Å²) in [6, 6.07) is 3.23. The summed E-state index contributed by atoms with van der Waals surface area (Å²) >= 11 is 8.40. The molecule has 0 radical (unpaired) electrons. The zero-order valence-electron chi connectivity index (χ0n) is 5.34. The van der Waals surface area contributed by atoms with Gasteiger partial charge in [0.2, 0.25) is 0 Å². The van der Waals surface area contributed by atoms with Crippen molar-refractivity contribution in [3.8, 4) is 0 Å². The Labute approximate surface area is 77.1 Å². The minimum Gasteiger partial charge on any atom is -0.288 e. The minimum atomic E-state index is -0.303. The summed E-state index contributed by atoms with van der Waals surface area (Å²) < 4.78 is 2.27. The Bertz CT molecular complexity index is 279. The zero-order chi connectivity index (χ0) is 8.27. The van der Waals surface area contributed by atoms with E-state index in [1.165, 1.54) is 6.20 Å². The monoisotopic (exact) mass is 234 g/mol.